The van der Waals surface area contributed by atoms with Crippen LogP contribution in [0, 0.1) is 11.8 Å². The highest BCUT2D eigenvalue weighted by Gasteiger charge is 2.54. The Morgan fingerprint density at radius 2 is 0.973 bits per heavy atom. The maximum absolute atomic E-state index is 12.7. The smallest absolute Gasteiger partial charge is 0.373 e. The van der Waals surface area contributed by atoms with Gasteiger partial charge in [-0.25, -0.2) is 0 Å². The van der Waals surface area contributed by atoms with Crippen LogP contribution in [0.1, 0.15) is 149 Å². The van der Waals surface area contributed by atoms with Crippen molar-refractivity contribution in [3.05, 3.63) is 119 Å². The largest absolute Gasteiger partial charge is 0.486 e. The molecule has 33 nitrogen and oxygen atoms in total. The standard InChI is InChI=1S/C20H26O6.C16H18O6.C13H14O6.C13H12O5.C9H8O3.C4H6O3.CH6N2.CO2/c1-4-13-14(21)11-20(3,23)18(19(22)24-5-2)17(13)12-6-7-15-16(10-12)26-9-8-25-15;1-10(17)6-13(18)7-12(9-16(19)20)11-2-3-14-15(8-11)22-5-4-21-14;14-8-17-7-10(6-13(15)16)9-1-2-11-12(5-9)19-4-3-18-11;14-12-6-9(7-13(15)18-12)8-1-2-10-11(5-8)17-4-3-16-10;10-6-7-1-2-8-9(5-7)12-4-3-11-8;1-3(5)7-4(2)6;1-3-2;2-1-3/h6-7,10,13,17-18,23H,4-5,8-9,11H2,1-3H3;2-3,8,12H,4-7,9H2,1H3,(H,19,20);1-2,5,8,10H,3-4,6-7H2,(H,15,16);1-2,5,9H,3-4,6-7H2;1-2,5-6H,3-4H2;1-2H3;3H,2H2,1H3;. The number of hydrogen-bond donors (Lipinski definition) is 5. The summed E-state index contributed by atoms with van der Waals surface area (Å²) in [5.41, 5.74) is 4.54. The number of Topliss-reactive ketones (excluding diaryl/α,β-unsaturated/α-hetero) is 3. The molecule has 0 radical (unpaired) electrons. The SMILES string of the molecule is CC(=O)CC(=O)CC(CC(=O)O)c1ccc2c(c1)OCCO2.CC(=O)OC(C)=O.CCOC(=O)C1C(c2ccc3c(c2)OCCO3)C(CC)C(=O)CC1(C)O.CNN.O=C1CC(c2ccc3c(c2)OCCO3)CC(=O)O1.O=C=O.O=COCC(CC(=O)O)c1ccc2c(c1)OCCO2.O=Cc1ccc2c(c1)OCCO2. The molecule has 6 unspecified atom stereocenters. The summed E-state index contributed by atoms with van der Waals surface area (Å²) in [6, 6.07) is 26.5. The number of aliphatic hydroxyl groups is 1. The first-order chi connectivity index (χ1) is 52.6. The molecule has 33 heteroatoms. The first-order valence-electron chi connectivity index (χ1n) is 34.8. The van der Waals surface area contributed by atoms with E-state index >= 15 is 0 Å². The van der Waals surface area contributed by atoms with Crippen LogP contribution in [0.4, 0.5) is 0 Å². The maximum atomic E-state index is 12.7. The van der Waals surface area contributed by atoms with Crippen molar-refractivity contribution in [3.63, 3.8) is 0 Å². The lowest BCUT2D eigenvalue weighted by Gasteiger charge is -2.44. The number of nitrogens with one attached hydrogen (secondary N) is 1. The van der Waals surface area contributed by atoms with Crippen LogP contribution in [0.2, 0.25) is 0 Å². The van der Waals surface area contributed by atoms with Crippen molar-refractivity contribution in [2.45, 2.75) is 122 Å². The molecule has 1 aliphatic carbocycles. The van der Waals surface area contributed by atoms with E-state index in [0.29, 0.717) is 148 Å². The molecule has 1 saturated carbocycles. The highest BCUT2D eigenvalue weighted by molar-refractivity contribution is 5.98. The molecule has 7 aliphatic rings. The fourth-order valence-electron chi connectivity index (χ4n) is 12.2. The molecule has 6 atom stereocenters. The zero-order chi connectivity index (χ0) is 80.9. The fraction of sp³-hybridized carbons (Fsp3) is 0.442. The van der Waals surface area contributed by atoms with Gasteiger partial charge in [0.1, 0.15) is 89.7 Å². The quantitative estimate of drug-likeness (QED) is 0.0140. The van der Waals surface area contributed by atoms with Crippen molar-refractivity contribution in [3.8, 4) is 57.5 Å². The number of rotatable bonds is 19. The number of ketones is 3. The van der Waals surface area contributed by atoms with Gasteiger partial charge in [-0.05, 0) is 123 Å². The van der Waals surface area contributed by atoms with Gasteiger partial charge >= 0.3 is 47.9 Å². The van der Waals surface area contributed by atoms with Gasteiger partial charge in [-0.2, -0.15) is 9.59 Å². The Labute approximate surface area is 632 Å². The monoisotopic (exact) mass is 1540 g/mol. The summed E-state index contributed by atoms with van der Waals surface area (Å²) in [5, 5.41) is 28.8. The number of nitrogens with two attached hydrogens (primary N) is 1. The molecule has 110 heavy (non-hydrogen) atoms. The van der Waals surface area contributed by atoms with Crippen LogP contribution in [-0.4, -0.2) is 185 Å². The van der Waals surface area contributed by atoms with Crippen molar-refractivity contribution in [2.75, 3.05) is 86.3 Å². The van der Waals surface area contributed by atoms with E-state index in [4.69, 9.17) is 71.9 Å². The van der Waals surface area contributed by atoms with E-state index in [9.17, 15) is 62.6 Å². The summed E-state index contributed by atoms with van der Waals surface area (Å²) in [5.74, 6) is 3.36. The zero-order valence-electron chi connectivity index (χ0n) is 61.8. The Kier molecular flexibility index (Phi) is 37.0. The molecule has 0 amide bonds. The first-order valence-corrected chi connectivity index (χ1v) is 34.8. The molecule has 12 rings (SSSR count). The second-order valence-corrected chi connectivity index (χ2v) is 25.0. The van der Waals surface area contributed by atoms with Gasteiger partial charge in [0.2, 0.25) is 0 Å². The van der Waals surface area contributed by atoms with E-state index < -0.39 is 71.1 Å². The Balaban J connectivity index is 0.000000239. The number of carbonyl (C=O) groups excluding carboxylic acids is 12. The first kappa shape index (κ1) is 88.8. The van der Waals surface area contributed by atoms with E-state index in [0.717, 1.165) is 23.0 Å². The second-order valence-electron chi connectivity index (χ2n) is 25.0. The zero-order valence-corrected chi connectivity index (χ0v) is 61.8. The van der Waals surface area contributed by atoms with E-state index in [2.05, 4.69) is 25.5 Å². The normalized spacial score (nSPS) is 18.1. The maximum Gasteiger partial charge on any atom is 0.373 e. The number of carbonyl (C=O) groups is 12. The van der Waals surface area contributed by atoms with Gasteiger partial charge in [0, 0.05) is 61.8 Å². The molecule has 0 spiro atoms. The molecule has 5 aromatic rings. The summed E-state index contributed by atoms with van der Waals surface area (Å²) >= 11 is 0. The van der Waals surface area contributed by atoms with Crippen LogP contribution < -0.4 is 58.6 Å². The lowest BCUT2D eigenvalue weighted by atomic mass is 9.61. The summed E-state index contributed by atoms with van der Waals surface area (Å²) in [7, 11) is 1.65. The molecule has 5 aromatic carbocycles. The number of aldehydes is 1. The Morgan fingerprint density at radius 1 is 0.582 bits per heavy atom. The molecule has 0 aromatic heterocycles. The van der Waals surface area contributed by atoms with Crippen LogP contribution in [-0.2, 0) is 81.3 Å². The number of fused-ring (bicyclic) bond motifs is 5. The average molecular weight is 1540 g/mol. The number of cyclic esters (lactones) is 2. The highest BCUT2D eigenvalue weighted by Crippen LogP contribution is 2.49. The van der Waals surface area contributed by atoms with Crippen molar-refractivity contribution < 1.29 is 149 Å². The van der Waals surface area contributed by atoms with E-state index in [1.807, 2.05) is 37.3 Å². The Morgan fingerprint density at radius 3 is 1.37 bits per heavy atom. The van der Waals surface area contributed by atoms with Gasteiger partial charge in [-0.15, -0.1) is 0 Å². The summed E-state index contributed by atoms with van der Waals surface area (Å²) in [6.07, 6.45) is 1.60. The van der Waals surface area contributed by atoms with E-state index in [-0.39, 0.29) is 93.5 Å². The number of carboxylic acid groups (broad SMARTS) is 2. The second kappa shape index (κ2) is 45.8. The van der Waals surface area contributed by atoms with Gasteiger partial charge in [-0.1, -0.05) is 31.2 Å². The third-order valence-electron chi connectivity index (χ3n) is 16.6. The van der Waals surface area contributed by atoms with Crippen LogP contribution >= 0.6 is 0 Å². The number of hydrazine groups is 1. The number of carboxylic acids is 2. The third-order valence-corrected chi connectivity index (χ3v) is 16.6. The number of esters is 5. The topological polar surface area (TPSA) is 467 Å². The summed E-state index contributed by atoms with van der Waals surface area (Å²) in [6.45, 7) is 14.5. The minimum absolute atomic E-state index is 0.0194. The average Bonchev–Trinajstić information content (AvgIpc) is 0.753. The molecular weight excluding hydrogens is 1450 g/mol. The minimum atomic E-state index is -1.45. The van der Waals surface area contributed by atoms with Gasteiger partial charge in [0.25, 0.3) is 6.47 Å². The van der Waals surface area contributed by atoms with Crippen molar-refractivity contribution >= 4 is 78.0 Å². The highest BCUT2D eigenvalue weighted by atomic mass is 16.6. The van der Waals surface area contributed by atoms with Crippen LogP contribution in [0.15, 0.2) is 91.0 Å². The molecule has 594 valence electrons. The number of hydrogen-bond acceptors (Lipinski definition) is 31. The molecule has 1 saturated heterocycles. The van der Waals surface area contributed by atoms with Gasteiger partial charge < -0.3 is 81.6 Å². The lowest BCUT2D eigenvalue weighted by molar-refractivity contribution is -0.192. The van der Waals surface area contributed by atoms with E-state index in [1.165, 1.54) is 20.8 Å². The fourth-order valence-corrected chi connectivity index (χ4v) is 12.2. The third kappa shape index (κ3) is 28.7. The predicted octanol–water partition coefficient (Wildman–Crippen LogP) is 6.88. The lowest BCUT2D eigenvalue weighted by Crippen LogP contribution is -2.53. The summed E-state index contributed by atoms with van der Waals surface area (Å²) in [4.78, 5) is 149. The van der Waals surface area contributed by atoms with Crippen molar-refractivity contribution in [1.29, 1.82) is 0 Å². The number of benzene rings is 5. The molecule has 6 aliphatic heterocycles. The van der Waals surface area contributed by atoms with Gasteiger partial charge in [0.05, 0.1) is 56.8 Å². The molecule has 6 N–H and O–H groups in total. The van der Waals surface area contributed by atoms with Crippen LogP contribution in [0.25, 0.3) is 0 Å². The Hall–Kier alpha value is -11.8. The van der Waals surface area contributed by atoms with Gasteiger partial charge in [0.15, 0.2) is 57.5 Å². The van der Waals surface area contributed by atoms with Crippen molar-refractivity contribution in [2.24, 2.45) is 17.7 Å². The van der Waals surface area contributed by atoms with Crippen LogP contribution in [0.3, 0.4) is 0 Å². The molecule has 6 heterocycles. The summed E-state index contributed by atoms with van der Waals surface area (Å²) < 4.78 is 72.8. The number of ether oxygens (including phenoxy) is 14. The van der Waals surface area contributed by atoms with Crippen molar-refractivity contribution in [1.82, 2.24) is 5.43 Å². The van der Waals surface area contributed by atoms with Crippen LogP contribution in [0.5, 0.6) is 57.5 Å². The predicted molar refractivity (Wildman–Crippen MR) is 380 cm³/mol. The molecule has 2 fully saturated rings. The van der Waals surface area contributed by atoms with E-state index in [1.54, 1.807) is 81.6 Å². The number of aliphatic carboxylic acids is 2. The Bertz CT molecular complexity index is 4000. The molecular formula is C77H90N2O31. The molecule has 0 bridgehead atoms. The minimum Gasteiger partial charge on any atom is -0.486 e. The van der Waals surface area contributed by atoms with Gasteiger partial charge in [-0.3, -0.25) is 68.8 Å².